The lowest BCUT2D eigenvalue weighted by Crippen LogP contribution is -2.60. The van der Waals surface area contributed by atoms with Crippen molar-refractivity contribution in [2.45, 2.75) is 45.8 Å². The predicted molar refractivity (Wildman–Crippen MR) is 59.1 cm³/mol. The molecule has 1 fully saturated rings. The minimum absolute atomic E-state index is 0.272. The Morgan fingerprint density at radius 1 is 1.50 bits per heavy atom. The maximum absolute atomic E-state index is 5.39. The Morgan fingerprint density at radius 2 is 2.21 bits per heavy atom. The van der Waals surface area contributed by atoms with E-state index in [1.807, 2.05) is 6.92 Å². The van der Waals surface area contributed by atoms with E-state index in [9.17, 15) is 0 Å². The third kappa shape index (κ3) is 2.29. The summed E-state index contributed by atoms with van der Waals surface area (Å²) in [5.41, 5.74) is 0.272. The number of rotatable bonds is 4. The van der Waals surface area contributed by atoms with Gasteiger partial charge in [-0.3, -0.25) is 0 Å². The summed E-state index contributed by atoms with van der Waals surface area (Å²) in [6.07, 6.45) is 2.49. The largest absolute Gasteiger partial charge is 0.381 e. The van der Waals surface area contributed by atoms with Gasteiger partial charge in [0.15, 0.2) is 0 Å². The molecule has 0 aromatic rings. The van der Waals surface area contributed by atoms with Gasteiger partial charge >= 0.3 is 0 Å². The molecule has 0 aliphatic heterocycles. The van der Waals surface area contributed by atoms with E-state index in [2.05, 4.69) is 31.0 Å². The van der Waals surface area contributed by atoms with E-state index < -0.39 is 0 Å². The molecule has 1 rings (SSSR count). The third-order valence-corrected chi connectivity index (χ3v) is 3.28. The Kier molecular flexibility index (Phi) is 3.97. The number of nitrogens with one attached hydrogen (secondary N) is 1. The lowest BCUT2D eigenvalue weighted by atomic mass is 9.64. The molecule has 0 radical (unpaired) electrons. The monoisotopic (exact) mass is 195 g/mol. The molecule has 1 aliphatic rings. The third-order valence-electron chi connectivity index (χ3n) is 3.28. The van der Waals surface area contributed by atoms with Crippen LogP contribution in [0.15, 0.2) is 0 Å². The molecule has 0 spiro atoms. The Labute approximate surface area is 87.4 Å². The molecule has 1 saturated carbocycles. The van der Waals surface area contributed by atoms with Crippen LogP contribution in [0.4, 0.5) is 0 Å². The van der Waals surface area contributed by atoms with Gasteiger partial charge in [0, 0.05) is 31.5 Å². The molecule has 2 heteroatoms. The minimum atomic E-state index is 0.272. The summed E-state index contributed by atoms with van der Waals surface area (Å²) in [4.78, 5) is 0. The summed E-state index contributed by atoms with van der Waals surface area (Å²) < 4.78 is 5.39. The molecule has 1 N–H and O–H groups in total. The maximum Gasteiger partial charge on any atom is 0.0652 e. The molecule has 0 saturated heterocycles. The number of ether oxygens (including phenoxy) is 1. The van der Waals surface area contributed by atoms with Gasteiger partial charge in [0.25, 0.3) is 0 Å². The average molecular weight is 195 g/mol. The highest BCUT2D eigenvalue weighted by molar-refractivity contribution is 5.03. The number of hydrogen-bond donors (Lipinski definition) is 1. The molecule has 0 heterocycles. The first-order valence-electron chi connectivity index (χ1n) is 5.28. The van der Waals surface area contributed by atoms with Gasteiger partial charge in [-0.05, 0) is 13.3 Å². The first-order valence-corrected chi connectivity index (χ1v) is 5.28. The van der Waals surface area contributed by atoms with Gasteiger partial charge in [0.1, 0.15) is 0 Å². The van der Waals surface area contributed by atoms with Crippen LogP contribution in [0, 0.1) is 17.3 Å². The summed E-state index contributed by atoms with van der Waals surface area (Å²) in [7, 11) is 1.80. The molecule has 0 amide bonds. The predicted octanol–water partition coefficient (Wildman–Crippen LogP) is 1.80. The van der Waals surface area contributed by atoms with Crippen LogP contribution in [0.1, 0.15) is 33.6 Å². The molecule has 2 atom stereocenters. The zero-order valence-corrected chi connectivity index (χ0v) is 9.68. The Hall–Kier alpha value is -0.520. The molecule has 80 valence electrons. The SMILES string of the molecule is CC#CCCNC1CC(OC)C1(C)C. The van der Waals surface area contributed by atoms with Crippen molar-refractivity contribution in [3.63, 3.8) is 0 Å². The van der Waals surface area contributed by atoms with E-state index in [-0.39, 0.29) is 5.41 Å². The quantitative estimate of drug-likeness (QED) is 0.545. The van der Waals surface area contributed by atoms with E-state index in [0.717, 1.165) is 19.4 Å². The highest BCUT2D eigenvalue weighted by atomic mass is 16.5. The van der Waals surface area contributed by atoms with Gasteiger partial charge in [-0.1, -0.05) is 13.8 Å². The van der Waals surface area contributed by atoms with Crippen molar-refractivity contribution >= 4 is 0 Å². The molecule has 0 aromatic carbocycles. The summed E-state index contributed by atoms with van der Waals surface area (Å²) in [6, 6.07) is 0.589. The van der Waals surface area contributed by atoms with E-state index in [1.54, 1.807) is 7.11 Å². The van der Waals surface area contributed by atoms with Crippen LogP contribution in [-0.2, 0) is 4.74 Å². The second kappa shape index (κ2) is 4.82. The topological polar surface area (TPSA) is 21.3 Å². The molecular weight excluding hydrogens is 174 g/mol. The smallest absolute Gasteiger partial charge is 0.0652 e. The minimum Gasteiger partial charge on any atom is -0.381 e. The van der Waals surface area contributed by atoms with Crippen LogP contribution in [0.3, 0.4) is 0 Å². The second-order valence-electron chi connectivity index (χ2n) is 4.46. The van der Waals surface area contributed by atoms with E-state index in [0.29, 0.717) is 12.1 Å². The fourth-order valence-corrected chi connectivity index (χ4v) is 2.07. The molecule has 2 unspecified atom stereocenters. The van der Waals surface area contributed by atoms with Crippen LogP contribution >= 0.6 is 0 Å². The zero-order chi connectivity index (χ0) is 10.6. The van der Waals surface area contributed by atoms with Crippen molar-refractivity contribution in [2.75, 3.05) is 13.7 Å². The van der Waals surface area contributed by atoms with E-state index in [1.165, 1.54) is 0 Å². The van der Waals surface area contributed by atoms with Crippen LogP contribution in [0.2, 0.25) is 0 Å². The van der Waals surface area contributed by atoms with E-state index >= 15 is 0 Å². The fourth-order valence-electron chi connectivity index (χ4n) is 2.07. The molecule has 0 bridgehead atoms. The molecule has 14 heavy (non-hydrogen) atoms. The van der Waals surface area contributed by atoms with Crippen molar-refractivity contribution in [1.82, 2.24) is 5.32 Å². The Balaban J connectivity index is 2.24. The van der Waals surface area contributed by atoms with Crippen molar-refractivity contribution in [3.05, 3.63) is 0 Å². The average Bonchev–Trinajstić information content (AvgIpc) is 2.15. The highest BCUT2D eigenvalue weighted by Gasteiger charge is 2.47. The van der Waals surface area contributed by atoms with Gasteiger partial charge in [-0.15, -0.1) is 11.8 Å². The maximum atomic E-state index is 5.39. The van der Waals surface area contributed by atoms with Crippen molar-refractivity contribution in [1.29, 1.82) is 0 Å². The van der Waals surface area contributed by atoms with Crippen LogP contribution in [0.25, 0.3) is 0 Å². The highest BCUT2D eigenvalue weighted by Crippen LogP contribution is 2.42. The standard InChI is InChI=1S/C12H21NO/c1-5-6-7-8-13-10-9-11(14-4)12(10,2)3/h10-11,13H,7-9H2,1-4H3. The lowest BCUT2D eigenvalue weighted by Gasteiger charge is -2.51. The first kappa shape index (κ1) is 11.6. The summed E-state index contributed by atoms with van der Waals surface area (Å²) in [6.45, 7) is 7.39. The summed E-state index contributed by atoms with van der Waals surface area (Å²) >= 11 is 0. The normalized spacial score (nSPS) is 28.9. The Morgan fingerprint density at radius 3 is 2.71 bits per heavy atom. The van der Waals surface area contributed by atoms with Crippen LogP contribution < -0.4 is 5.32 Å². The van der Waals surface area contributed by atoms with Crippen molar-refractivity contribution in [3.8, 4) is 11.8 Å². The zero-order valence-electron chi connectivity index (χ0n) is 9.68. The van der Waals surface area contributed by atoms with Gasteiger partial charge in [0.2, 0.25) is 0 Å². The Bertz CT molecular complexity index is 236. The molecule has 0 aromatic heterocycles. The van der Waals surface area contributed by atoms with Gasteiger partial charge < -0.3 is 10.1 Å². The fraction of sp³-hybridized carbons (Fsp3) is 0.833. The second-order valence-corrected chi connectivity index (χ2v) is 4.46. The van der Waals surface area contributed by atoms with E-state index in [4.69, 9.17) is 4.74 Å². The molecule has 1 aliphatic carbocycles. The van der Waals surface area contributed by atoms with Crippen LogP contribution in [0.5, 0.6) is 0 Å². The van der Waals surface area contributed by atoms with Gasteiger partial charge in [0.05, 0.1) is 6.10 Å². The van der Waals surface area contributed by atoms with Crippen LogP contribution in [-0.4, -0.2) is 25.8 Å². The lowest BCUT2D eigenvalue weighted by molar-refractivity contribution is -0.0970. The first-order chi connectivity index (χ1) is 6.62. The van der Waals surface area contributed by atoms with Crippen molar-refractivity contribution < 1.29 is 4.74 Å². The molecule has 2 nitrogen and oxygen atoms in total. The van der Waals surface area contributed by atoms with Gasteiger partial charge in [-0.25, -0.2) is 0 Å². The number of methoxy groups -OCH3 is 1. The molecular formula is C12H21NO. The summed E-state index contributed by atoms with van der Waals surface area (Å²) in [5, 5.41) is 3.53. The van der Waals surface area contributed by atoms with Gasteiger partial charge in [-0.2, -0.15) is 0 Å². The van der Waals surface area contributed by atoms with Crippen molar-refractivity contribution in [2.24, 2.45) is 5.41 Å². The summed E-state index contributed by atoms with van der Waals surface area (Å²) in [5.74, 6) is 5.96. The number of hydrogen-bond acceptors (Lipinski definition) is 2.